The highest BCUT2D eigenvalue weighted by Crippen LogP contribution is 2.13. The van der Waals surface area contributed by atoms with E-state index in [1.807, 2.05) is 0 Å². The van der Waals surface area contributed by atoms with Crippen molar-refractivity contribution in [3.05, 3.63) is 42.5 Å². The number of hydrogen-bond acceptors (Lipinski definition) is 5. The van der Waals surface area contributed by atoms with Crippen LogP contribution in [-0.2, 0) is 9.53 Å². The molecule has 0 saturated carbocycles. The first-order valence-corrected chi connectivity index (χ1v) is 4.99. The van der Waals surface area contributed by atoms with Crippen LogP contribution in [0, 0.1) is 0 Å². The number of benzene rings is 1. The number of carbonyl (C=O) groups is 2. The van der Waals surface area contributed by atoms with Crippen LogP contribution >= 0.6 is 0 Å². The van der Waals surface area contributed by atoms with Gasteiger partial charge in [-0.15, -0.1) is 0 Å². The molecule has 0 heterocycles. The molecule has 0 bridgehead atoms. The minimum Gasteiger partial charge on any atom is -0.461 e. The zero-order chi connectivity index (χ0) is 12.7. The molecule has 0 saturated heterocycles. The van der Waals surface area contributed by atoms with Gasteiger partial charge in [0.15, 0.2) is 0 Å². The van der Waals surface area contributed by atoms with E-state index in [-0.39, 0.29) is 13.2 Å². The van der Waals surface area contributed by atoms with Gasteiger partial charge in [-0.3, -0.25) is 0 Å². The molecule has 5 heteroatoms. The maximum atomic E-state index is 11.4. The number of nitrogens with two attached hydrogens (primary N) is 1. The lowest BCUT2D eigenvalue weighted by atomic mass is 10.2. The fraction of sp³-hybridized carbons (Fsp3) is 0.167. The number of esters is 2. The van der Waals surface area contributed by atoms with E-state index in [1.165, 1.54) is 24.3 Å². The Morgan fingerprint density at radius 3 is 2.47 bits per heavy atom. The third kappa shape index (κ3) is 4.08. The molecular weight excluding hydrogens is 222 g/mol. The lowest BCUT2D eigenvalue weighted by molar-refractivity contribution is -0.128. The van der Waals surface area contributed by atoms with Crippen LogP contribution in [0.5, 0.6) is 5.75 Å². The molecule has 1 rings (SSSR count). The number of hydrogen-bond donors (Lipinski definition) is 1. The van der Waals surface area contributed by atoms with Gasteiger partial charge in [0.05, 0.1) is 5.56 Å². The van der Waals surface area contributed by atoms with Gasteiger partial charge in [0.25, 0.3) is 0 Å². The summed E-state index contributed by atoms with van der Waals surface area (Å²) < 4.78 is 9.68. The summed E-state index contributed by atoms with van der Waals surface area (Å²) in [5, 5.41) is 0. The number of ether oxygens (including phenoxy) is 2. The fourth-order valence-electron chi connectivity index (χ4n) is 1.05. The summed E-state index contributed by atoms with van der Waals surface area (Å²) in [5.41, 5.74) is 5.58. The van der Waals surface area contributed by atoms with Crippen LogP contribution in [0.25, 0.3) is 0 Å². The summed E-state index contributed by atoms with van der Waals surface area (Å²) in [5.74, 6) is -0.675. The van der Waals surface area contributed by atoms with Crippen molar-refractivity contribution >= 4 is 11.9 Å². The second-order valence-electron chi connectivity index (χ2n) is 3.07. The molecule has 17 heavy (non-hydrogen) atoms. The summed E-state index contributed by atoms with van der Waals surface area (Å²) in [7, 11) is 0. The summed E-state index contributed by atoms with van der Waals surface area (Å²) in [6.45, 7) is 3.73. The van der Waals surface area contributed by atoms with E-state index in [2.05, 4.69) is 6.58 Å². The zero-order valence-corrected chi connectivity index (χ0v) is 9.22. The van der Waals surface area contributed by atoms with Crippen molar-refractivity contribution in [1.82, 2.24) is 0 Å². The third-order valence-corrected chi connectivity index (χ3v) is 1.83. The van der Waals surface area contributed by atoms with Crippen LogP contribution in [0.1, 0.15) is 10.4 Å². The Bertz CT molecular complexity index is 411. The van der Waals surface area contributed by atoms with Crippen LogP contribution in [-0.4, -0.2) is 25.1 Å². The predicted octanol–water partition coefficient (Wildman–Crippen LogP) is 0.893. The highest BCUT2D eigenvalue weighted by molar-refractivity contribution is 5.89. The first kappa shape index (κ1) is 12.9. The SMILES string of the molecule is C=CC(=O)Oc1ccc(C(=O)OCCN)cc1. The highest BCUT2D eigenvalue weighted by atomic mass is 16.5. The molecule has 0 aliphatic carbocycles. The largest absolute Gasteiger partial charge is 0.461 e. The summed E-state index contributed by atoms with van der Waals surface area (Å²) in [6.07, 6.45) is 1.06. The molecule has 0 radical (unpaired) electrons. The normalized spacial score (nSPS) is 9.47. The lowest BCUT2D eigenvalue weighted by Gasteiger charge is -2.04. The molecule has 0 aliphatic rings. The highest BCUT2D eigenvalue weighted by Gasteiger charge is 2.07. The number of rotatable bonds is 5. The molecule has 0 atom stereocenters. The van der Waals surface area contributed by atoms with Gasteiger partial charge in [-0.1, -0.05) is 6.58 Å². The Hall–Kier alpha value is -2.14. The average Bonchev–Trinajstić information content (AvgIpc) is 2.36. The molecule has 5 nitrogen and oxygen atoms in total. The quantitative estimate of drug-likeness (QED) is 0.466. The first-order chi connectivity index (χ1) is 8.17. The van der Waals surface area contributed by atoms with Crippen molar-refractivity contribution in [3.8, 4) is 5.75 Å². The van der Waals surface area contributed by atoms with E-state index in [0.29, 0.717) is 11.3 Å². The van der Waals surface area contributed by atoms with E-state index >= 15 is 0 Å². The Kier molecular flexibility index (Phi) is 4.90. The molecule has 0 amide bonds. The fourth-order valence-corrected chi connectivity index (χ4v) is 1.05. The van der Waals surface area contributed by atoms with Crippen molar-refractivity contribution in [2.75, 3.05) is 13.2 Å². The van der Waals surface area contributed by atoms with Crippen molar-refractivity contribution < 1.29 is 19.1 Å². The van der Waals surface area contributed by atoms with Gasteiger partial charge in [-0.05, 0) is 24.3 Å². The van der Waals surface area contributed by atoms with Gasteiger partial charge >= 0.3 is 11.9 Å². The molecule has 2 N–H and O–H groups in total. The smallest absolute Gasteiger partial charge is 0.338 e. The Morgan fingerprint density at radius 2 is 1.94 bits per heavy atom. The summed E-state index contributed by atoms with van der Waals surface area (Å²) >= 11 is 0. The minimum absolute atomic E-state index is 0.173. The van der Waals surface area contributed by atoms with Crippen LogP contribution in [0.4, 0.5) is 0 Å². The molecule has 90 valence electrons. The molecule has 1 aromatic rings. The lowest BCUT2D eigenvalue weighted by Crippen LogP contribution is -2.13. The van der Waals surface area contributed by atoms with Crippen LogP contribution in [0.2, 0.25) is 0 Å². The zero-order valence-electron chi connectivity index (χ0n) is 9.22. The van der Waals surface area contributed by atoms with Crippen molar-refractivity contribution in [2.24, 2.45) is 5.73 Å². The molecule has 1 aromatic carbocycles. The topological polar surface area (TPSA) is 78.6 Å². The molecule has 0 fully saturated rings. The second-order valence-corrected chi connectivity index (χ2v) is 3.07. The van der Waals surface area contributed by atoms with Crippen molar-refractivity contribution in [1.29, 1.82) is 0 Å². The van der Waals surface area contributed by atoms with Gasteiger partial charge in [-0.2, -0.15) is 0 Å². The summed E-state index contributed by atoms with van der Waals surface area (Å²) in [6, 6.07) is 6.01. The van der Waals surface area contributed by atoms with Crippen LogP contribution in [0.15, 0.2) is 36.9 Å². The Balaban J connectivity index is 2.64. The molecular formula is C12H13NO4. The van der Waals surface area contributed by atoms with E-state index < -0.39 is 11.9 Å². The molecule has 0 aliphatic heterocycles. The maximum absolute atomic E-state index is 11.4. The predicted molar refractivity (Wildman–Crippen MR) is 61.6 cm³/mol. The molecule has 0 spiro atoms. The van der Waals surface area contributed by atoms with E-state index in [0.717, 1.165) is 6.08 Å². The maximum Gasteiger partial charge on any atom is 0.338 e. The van der Waals surface area contributed by atoms with E-state index in [4.69, 9.17) is 15.2 Å². The van der Waals surface area contributed by atoms with Gasteiger partial charge in [0, 0.05) is 12.6 Å². The van der Waals surface area contributed by atoms with Gasteiger partial charge in [0.2, 0.25) is 0 Å². The van der Waals surface area contributed by atoms with E-state index in [1.54, 1.807) is 0 Å². The minimum atomic E-state index is -0.552. The Morgan fingerprint density at radius 1 is 1.29 bits per heavy atom. The first-order valence-electron chi connectivity index (χ1n) is 4.99. The Labute approximate surface area is 98.8 Å². The van der Waals surface area contributed by atoms with Gasteiger partial charge in [0.1, 0.15) is 12.4 Å². The summed E-state index contributed by atoms with van der Waals surface area (Å²) in [4.78, 5) is 22.3. The second kappa shape index (κ2) is 6.44. The molecule has 0 aromatic heterocycles. The van der Waals surface area contributed by atoms with Crippen molar-refractivity contribution in [3.63, 3.8) is 0 Å². The third-order valence-electron chi connectivity index (χ3n) is 1.83. The van der Waals surface area contributed by atoms with Crippen LogP contribution in [0.3, 0.4) is 0 Å². The van der Waals surface area contributed by atoms with Gasteiger partial charge < -0.3 is 15.2 Å². The number of carbonyl (C=O) groups excluding carboxylic acids is 2. The standard InChI is InChI=1S/C12H13NO4/c1-2-11(14)17-10-5-3-9(4-6-10)12(15)16-8-7-13/h2-6H,1,7-8,13H2. The average molecular weight is 235 g/mol. The van der Waals surface area contributed by atoms with Crippen LogP contribution < -0.4 is 10.5 Å². The van der Waals surface area contributed by atoms with E-state index in [9.17, 15) is 9.59 Å². The van der Waals surface area contributed by atoms with Gasteiger partial charge in [-0.25, -0.2) is 9.59 Å². The monoisotopic (exact) mass is 235 g/mol. The van der Waals surface area contributed by atoms with Crippen molar-refractivity contribution in [2.45, 2.75) is 0 Å². The molecule has 0 unspecified atom stereocenters.